The minimum atomic E-state index is -1.09. The zero-order chi connectivity index (χ0) is 17.3. The van der Waals surface area contributed by atoms with Crippen LogP contribution in [0.4, 0.5) is 5.69 Å². The molecule has 6 heteroatoms. The molecule has 24 heavy (non-hydrogen) atoms. The Morgan fingerprint density at radius 3 is 2.50 bits per heavy atom. The first-order chi connectivity index (χ1) is 11.4. The van der Waals surface area contributed by atoms with Crippen LogP contribution in [0, 0.1) is 20.8 Å². The summed E-state index contributed by atoms with van der Waals surface area (Å²) in [6.45, 7) is 6.27. The van der Waals surface area contributed by atoms with Crippen LogP contribution >= 0.6 is 15.9 Å². The molecule has 1 aromatic carbocycles. The van der Waals surface area contributed by atoms with Gasteiger partial charge in [0, 0.05) is 22.6 Å². The molecule has 2 heterocycles. The Bertz CT molecular complexity index is 803. The minimum Gasteiger partial charge on any atom is -0.342 e. The van der Waals surface area contributed by atoms with E-state index in [-0.39, 0.29) is 0 Å². The second kappa shape index (κ2) is 6.37. The van der Waals surface area contributed by atoms with Crippen molar-refractivity contribution in [1.29, 1.82) is 0 Å². The summed E-state index contributed by atoms with van der Waals surface area (Å²) in [6, 6.07) is 8.05. The van der Waals surface area contributed by atoms with E-state index in [1.165, 1.54) is 16.7 Å². The fourth-order valence-electron chi connectivity index (χ4n) is 2.82. The van der Waals surface area contributed by atoms with Crippen molar-refractivity contribution in [2.75, 3.05) is 5.32 Å². The van der Waals surface area contributed by atoms with Crippen molar-refractivity contribution in [2.45, 2.75) is 26.6 Å². The summed E-state index contributed by atoms with van der Waals surface area (Å²) in [4.78, 5) is 8.72. The average molecular weight is 386 g/mol. The van der Waals surface area contributed by atoms with Gasteiger partial charge in [0.1, 0.15) is 11.5 Å². The molecule has 1 aromatic heterocycles. The van der Waals surface area contributed by atoms with Gasteiger partial charge in [0.05, 0.1) is 0 Å². The van der Waals surface area contributed by atoms with Crippen molar-refractivity contribution < 1.29 is 0 Å². The Morgan fingerprint density at radius 2 is 1.88 bits per heavy atom. The molecular formula is C18H20BrN5. The maximum Gasteiger partial charge on any atom is 0.227 e. The van der Waals surface area contributed by atoms with Crippen molar-refractivity contribution in [1.82, 2.24) is 10.3 Å². The molecule has 0 aliphatic carbocycles. The average Bonchev–Trinajstić information content (AvgIpc) is 2.51. The summed E-state index contributed by atoms with van der Waals surface area (Å²) < 4.78 is 0.898. The lowest BCUT2D eigenvalue weighted by Crippen LogP contribution is -2.51. The van der Waals surface area contributed by atoms with Gasteiger partial charge in [-0.3, -0.25) is 10.7 Å². The predicted octanol–water partition coefficient (Wildman–Crippen LogP) is 3.47. The molecule has 0 saturated carbocycles. The molecular weight excluding hydrogens is 366 g/mol. The summed E-state index contributed by atoms with van der Waals surface area (Å²) in [5, 5.41) is 6.66. The smallest absolute Gasteiger partial charge is 0.227 e. The first-order valence-electron chi connectivity index (χ1n) is 7.67. The van der Waals surface area contributed by atoms with Crippen molar-refractivity contribution in [3.63, 3.8) is 0 Å². The van der Waals surface area contributed by atoms with E-state index in [9.17, 15) is 0 Å². The second-order valence-corrected chi connectivity index (χ2v) is 6.93. The number of nitrogens with two attached hydrogens (primary N) is 1. The van der Waals surface area contributed by atoms with Gasteiger partial charge in [0.2, 0.25) is 5.79 Å². The summed E-state index contributed by atoms with van der Waals surface area (Å²) in [6.07, 6.45) is 5.27. The number of rotatable bonds is 3. The fraction of sp³-hybridized carbons (Fsp3) is 0.222. The highest BCUT2D eigenvalue weighted by Crippen LogP contribution is 2.25. The van der Waals surface area contributed by atoms with E-state index in [1.54, 1.807) is 12.4 Å². The molecule has 1 aliphatic heterocycles. The van der Waals surface area contributed by atoms with Crippen LogP contribution in [0.5, 0.6) is 0 Å². The Balaban J connectivity index is 1.86. The van der Waals surface area contributed by atoms with E-state index in [2.05, 4.69) is 69.4 Å². The third-order valence-corrected chi connectivity index (χ3v) is 4.37. The van der Waals surface area contributed by atoms with E-state index in [0.717, 1.165) is 16.0 Å². The minimum absolute atomic E-state index is 0.645. The van der Waals surface area contributed by atoms with E-state index in [4.69, 9.17) is 5.73 Å². The SMILES string of the molecule is Cc1cc(C)c(NC2=CC=NC(N)(c3ccc(Br)cn3)N2)c(C)c1. The molecule has 5 nitrogen and oxygen atoms in total. The first kappa shape index (κ1) is 16.7. The van der Waals surface area contributed by atoms with Crippen LogP contribution in [0.2, 0.25) is 0 Å². The van der Waals surface area contributed by atoms with Crippen LogP contribution < -0.4 is 16.4 Å². The van der Waals surface area contributed by atoms with Crippen molar-refractivity contribution in [3.8, 4) is 0 Å². The van der Waals surface area contributed by atoms with Crippen LogP contribution in [0.15, 0.2) is 51.8 Å². The van der Waals surface area contributed by atoms with Crippen LogP contribution in [0.1, 0.15) is 22.4 Å². The Kier molecular flexibility index (Phi) is 4.43. The van der Waals surface area contributed by atoms with Crippen LogP contribution in [0.3, 0.4) is 0 Å². The molecule has 2 aromatic rings. The van der Waals surface area contributed by atoms with E-state index < -0.39 is 5.79 Å². The van der Waals surface area contributed by atoms with Crippen LogP contribution in [-0.4, -0.2) is 11.2 Å². The predicted molar refractivity (Wildman–Crippen MR) is 102 cm³/mol. The molecule has 3 rings (SSSR count). The van der Waals surface area contributed by atoms with Crippen LogP contribution in [0.25, 0.3) is 0 Å². The number of benzene rings is 1. The highest BCUT2D eigenvalue weighted by molar-refractivity contribution is 9.10. The second-order valence-electron chi connectivity index (χ2n) is 6.01. The van der Waals surface area contributed by atoms with Crippen molar-refractivity contribution in [2.24, 2.45) is 10.7 Å². The first-order valence-corrected chi connectivity index (χ1v) is 8.46. The monoisotopic (exact) mass is 385 g/mol. The maximum atomic E-state index is 6.41. The molecule has 1 unspecified atom stereocenters. The number of anilines is 1. The van der Waals surface area contributed by atoms with Gasteiger partial charge in [-0.05, 0) is 66.0 Å². The molecule has 0 amide bonds. The van der Waals surface area contributed by atoms with Gasteiger partial charge in [-0.1, -0.05) is 17.7 Å². The number of halogens is 1. The van der Waals surface area contributed by atoms with Gasteiger partial charge in [-0.2, -0.15) is 0 Å². The number of nitrogens with one attached hydrogen (secondary N) is 2. The Hall–Kier alpha value is -2.18. The molecule has 0 radical (unpaired) electrons. The lowest BCUT2D eigenvalue weighted by molar-refractivity contribution is 0.387. The fourth-order valence-corrected chi connectivity index (χ4v) is 3.06. The Labute approximate surface area is 150 Å². The maximum absolute atomic E-state index is 6.41. The molecule has 0 bridgehead atoms. The largest absolute Gasteiger partial charge is 0.342 e. The number of hydrogen-bond acceptors (Lipinski definition) is 5. The summed E-state index contributed by atoms with van der Waals surface area (Å²) in [7, 11) is 0. The highest BCUT2D eigenvalue weighted by Gasteiger charge is 2.30. The molecule has 0 fully saturated rings. The third kappa shape index (κ3) is 3.34. The summed E-state index contributed by atoms with van der Waals surface area (Å²) >= 11 is 3.38. The zero-order valence-electron chi connectivity index (χ0n) is 13.9. The van der Waals surface area contributed by atoms with E-state index >= 15 is 0 Å². The summed E-state index contributed by atoms with van der Waals surface area (Å²) in [5.74, 6) is -0.308. The van der Waals surface area contributed by atoms with Crippen molar-refractivity contribution >= 4 is 27.8 Å². The highest BCUT2D eigenvalue weighted by atomic mass is 79.9. The number of aliphatic imine (C=N–C) groups is 1. The van der Waals surface area contributed by atoms with Gasteiger partial charge >= 0.3 is 0 Å². The number of hydrogen-bond donors (Lipinski definition) is 3. The molecule has 124 valence electrons. The van der Waals surface area contributed by atoms with Gasteiger partial charge in [-0.15, -0.1) is 0 Å². The molecule has 0 saturated heterocycles. The third-order valence-electron chi connectivity index (χ3n) is 3.90. The van der Waals surface area contributed by atoms with Gasteiger partial charge < -0.3 is 10.6 Å². The number of allylic oxidation sites excluding steroid dienone is 1. The van der Waals surface area contributed by atoms with Gasteiger partial charge in [0.25, 0.3) is 0 Å². The topological polar surface area (TPSA) is 75.3 Å². The van der Waals surface area contributed by atoms with E-state index in [1.807, 2.05) is 18.2 Å². The van der Waals surface area contributed by atoms with Crippen LogP contribution in [-0.2, 0) is 5.79 Å². The number of pyridine rings is 1. The summed E-state index contributed by atoms with van der Waals surface area (Å²) in [5.41, 5.74) is 11.7. The zero-order valence-corrected chi connectivity index (χ0v) is 15.5. The molecule has 4 N–H and O–H groups in total. The van der Waals surface area contributed by atoms with Gasteiger partial charge in [0.15, 0.2) is 0 Å². The standard InChI is InChI=1S/C18H20BrN5/c1-11-8-12(2)17(13(3)9-11)23-16-6-7-22-18(20,24-16)15-5-4-14(19)10-21-15/h4-10,23-24H,20H2,1-3H3. The number of nitrogens with zero attached hydrogens (tertiary/aromatic N) is 2. The molecule has 1 atom stereocenters. The van der Waals surface area contributed by atoms with E-state index in [0.29, 0.717) is 5.69 Å². The molecule has 1 aliphatic rings. The number of aromatic nitrogens is 1. The lowest BCUT2D eigenvalue weighted by atomic mass is 10.1. The Morgan fingerprint density at radius 1 is 1.17 bits per heavy atom. The number of aryl methyl sites for hydroxylation is 3. The quantitative estimate of drug-likeness (QED) is 0.755. The van der Waals surface area contributed by atoms with Gasteiger partial charge in [-0.25, -0.2) is 4.99 Å². The lowest BCUT2D eigenvalue weighted by Gasteiger charge is -2.31. The normalized spacial score (nSPS) is 19.6. The molecule has 0 spiro atoms. The van der Waals surface area contributed by atoms with Crippen molar-refractivity contribution in [3.05, 3.63) is 69.2 Å².